The third kappa shape index (κ3) is 7.87. The molecule has 0 radical (unpaired) electrons. The highest BCUT2D eigenvalue weighted by atomic mass is 127. The number of aliphatic imine (C=N–C) groups is 1. The van der Waals surface area contributed by atoms with Crippen molar-refractivity contribution in [3.8, 4) is 5.75 Å². The third-order valence-electron chi connectivity index (χ3n) is 4.47. The molecule has 0 aliphatic rings. The van der Waals surface area contributed by atoms with Crippen LogP contribution in [0.5, 0.6) is 5.75 Å². The summed E-state index contributed by atoms with van der Waals surface area (Å²) in [5.74, 6) is 1.70. The van der Waals surface area contributed by atoms with E-state index in [1.54, 1.807) is 0 Å². The smallest absolute Gasteiger partial charge is 0.191 e. The molecule has 0 atom stereocenters. The predicted octanol–water partition coefficient (Wildman–Crippen LogP) is 4.13. The van der Waals surface area contributed by atoms with Crippen molar-refractivity contribution in [1.29, 1.82) is 0 Å². The Balaban J connectivity index is 0.00000420. The van der Waals surface area contributed by atoms with E-state index in [0.717, 1.165) is 42.5 Å². The molecule has 2 aromatic rings. The van der Waals surface area contributed by atoms with Crippen molar-refractivity contribution in [2.75, 3.05) is 13.1 Å². The summed E-state index contributed by atoms with van der Waals surface area (Å²) in [6, 6.07) is 8.09. The largest absolute Gasteiger partial charge is 0.488 e. The first kappa shape index (κ1) is 25.3. The zero-order valence-electron chi connectivity index (χ0n) is 18.8. The molecule has 1 heterocycles. The van der Waals surface area contributed by atoms with Crippen molar-refractivity contribution in [2.45, 2.75) is 60.1 Å². The third-order valence-corrected chi connectivity index (χ3v) is 4.47. The lowest BCUT2D eigenvalue weighted by Crippen LogP contribution is -2.38. The summed E-state index contributed by atoms with van der Waals surface area (Å²) >= 11 is 0. The van der Waals surface area contributed by atoms with Gasteiger partial charge in [-0.05, 0) is 59.6 Å². The summed E-state index contributed by atoms with van der Waals surface area (Å²) in [4.78, 5) is 4.75. The van der Waals surface area contributed by atoms with Gasteiger partial charge in [-0.2, -0.15) is 5.10 Å². The summed E-state index contributed by atoms with van der Waals surface area (Å²) in [6.07, 6.45) is 0.916. The number of nitrogens with one attached hydrogen (secondary N) is 2. The van der Waals surface area contributed by atoms with Gasteiger partial charge in [0.05, 0.1) is 12.2 Å². The van der Waals surface area contributed by atoms with Gasteiger partial charge >= 0.3 is 0 Å². The van der Waals surface area contributed by atoms with Gasteiger partial charge in [0, 0.05) is 31.4 Å². The molecule has 0 aliphatic carbocycles. The quantitative estimate of drug-likeness (QED) is 0.332. The van der Waals surface area contributed by atoms with Gasteiger partial charge in [0.15, 0.2) is 5.96 Å². The first-order valence-corrected chi connectivity index (χ1v) is 9.99. The Kier molecular flexibility index (Phi) is 9.95. The van der Waals surface area contributed by atoms with Gasteiger partial charge in [-0.15, -0.1) is 24.0 Å². The molecule has 0 aliphatic heterocycles. The normalized spacial score (nSPS) is 11.8. The number of nitrogens with zero attached hydrogens (tertiary/aromatic N) is 3. The number of ether oxygens (including phenoxy) is 1. The Morgan fingerprint density at radius 1 is 1.17 bits per heavy atom. The Morgan fingerprint density at radius 3 is 2.45 bits per heavy atom. The summed E-state index contributed by atoms with van der Waals surface area (Å²) in [6.45, 7) is 14.6. The van der Waals surface area contributed by atoms with Crippen LogP contribution in [-0.2, 0) is 20.0 Å². The van der Waals surface area contributed by atoms with Crippen molar-refractivity contribution in [3.63, 3.8) is 0 Å². The van der Waals surface area contributed by atoms with Gasteiger partial charge in [-0.1, -0.05) is 18.2 Å². The molecule has 2 N–H and O–H groups in total. The van der Waals surface area contributed by atoms with Crippen molar-refractivity contribution < 1.29 is 4.74 Å². The van der Waals surface area contributed by atoms with Gasteiger partial charge in [0.1, 0.15) is 11.4 Å². The number of benzene rings is 1. The Hall–Kier alpha value is -1.77. The average Bonchev–Trinajstić information content (AvgIpc) is 2.85. The Morgan fingerprint density at radius 2 is 1.86 bits per heavy atom. The van der Waals surface area contributed by atoms with Crippen LogP contribution < -0.4 is 15.4 Å². The standard InChI is InChI=1S/C22H35N5O.HI/c1-8-23-21(24-14-13-19-16(2)26-27(7)17(19)3)25-15-18-11-9-10-12-20(18)28-22(4,5)6;/h9-12H,8,13-15H2,1-7H3,(H2,23,24,25);1H. The maximum Gasteiger partial charge on any atom is 0.191 e. The highest BCUT2D eigenvalue weighted by molar-refractivity contribution is 14.0. The SMILES string of the molecule is CCNC(=NCc1ccccc1OC(C)(C)C)NCCc1c(C)nn(C)c1C.I. The molecular formula is C22H36IN5O. The minimum Gasteiger partial charge on any atom is -0.488 e. The van der Waals surface area contributed by atoms with Gasteiger partial charge in [-0.25, -0.2) is 4.99 Å². The van der Waals surface area contributed by atoms with Gasteiger partial charge in [-0.3, -0.25) is 4.68 Å². The molecular weight excluding hydrogens is 477 g/mol. The second-order valence-electron chi connectivity index (χ2n) is 7.97. The van der Waals surface area contributed by atoms with Crippen LogP contribution in [0.2, 0.25) is 0 Å². The number of rotatable bonds is 7. The van der Waals surface area contributed by atoms with E-state index in [0.29, 0.717) is 6.54 Å². The van der Waals surface area contributed by atoms with E-state index in [-0.39, 0.29) is 29.6 Å². The molecule has 0 amide bonds. The number of aryl methyl sites for hydroxylation is 2. The van der Waals surface area contributed by atoms with Gasteiger partial charge in [0.25, 0.3) is 0 Å². The van der Waals surface area contributed by atoms with E-state index in [1.165, 1.54) is 11.3 Å². The molecule has 0 spiro atoms. The van der Waals surface area contributed by atoms with Crippen LogP contribution in [0.1, 0.15) is 50.2 Å². The molecule has 1 aromatic heterocycles. The van der Waals surface area contributed by atoms with E-state index in [2.05, 4.69) is 63.3 Å². The predicted molar refractivity (Wildman–Crippen MR) is 131 cm³/mol. The van der Waals surface area contributed by atoms with E-state index >= 15 is 0 Å². The highest BCUT2D eigenvalue weighted by Gasteiger charge is 2.14. The molecule has 0 saturated heterocycles. The number of hydrogen-bond donors (Lipinski definition) is 2. The average molecular weight is 513 g/mol. The van der Waals surface area contributed by atoms with Crippen molar-refractivity contribution in [2.24, 2.45) is 12.0 Å². The van der Waals surface area contributed by atoms with Crippen molar-refractivity contribution >= 4 is 29.9 Å². The van der Waals surface area contributed by atoms with Crippen LogP contribution in [0.3, 0.4) is 0 Å². The minimum atomic E-state index is -0.234. The number of para-hydroxylation sites is 1. The van der Waals surface area contributed by atoms with Crippen LogP contribution in [0.25, 0.3) is 0 Å². The van der Waals surface area contributed by atoms with E-state index < -0.39 is 0 Å². The monoisotopic (exact) mass is 513 g/mol. The maximum absolute atomic E-state index is 6.07. The molecule has 162 valence electrons. The topological polar surface area (TPSA) is 63.5 Å². The zero-order chi connectivity index (χ0) is 20.7. The lowest BCUT2D eigenvalue weighted by atomic mass is 10.1. The fourth-order valence-electron chi connectivity index (χ4n) is 3.06. The first-order valence-electron chi connectivity index (χ1n) is 9.99. The summed E-state index contributed by atoms with van der Waals surface area (Å²) < 4.78 is 8.01. The molecule has 1 aromatic carbocycles. The molecule has 2 rings (SSSR count). The van der Waals surface area contributed by atoms with Crippen LogP contribution in [0, 0.1) is 13.8 Å². The number of aromatic nitrogens is 2. The van der Waals surface area contributed by atoms with Crippen LogP contribution in [0.15, 0.2) is 29.3 Å². The number of guanidine groups is 1. The fourth-order valence-corrected chi connectivity index (χ4v) is 3.06. The molecule has 7 heteroatoms. The Bertz CT molecular complexity index is 808. The number of halogens is 1. The Labute approximate surface area is 192 Å². The molecule has 29 heavy (non-hydrogen) atoms. The fraction of sp³-hybridized carbons (Fsp3) is 0.545. The van der Waals surface area contributed by atoms with Crippen LogP contribution in [0.4, 0.5) is 0 Å². The summed E-state index contributed by atoms with van der Waals surface area (Å²) in [5, 5.41) is 11.2. The van der Waals surface area contributed by atoms with Crippen molar-refractivity contribution in [1.82, 2.24) is 20.4 Å². The number of hydrogen-bond acceptors (Lipinski definition) is 3. The van der Waals surface area contributed by atoms with Crippen molar-refractivity contribution in [3.05, 3.63) is 46.8 Å². The maximum atomic E-state index is 6.07. The van der Waals surface area contributed by atoms with Crippen LogP contribution in [-0.4, -0.2) is 34.4 Å². The lowest BCUT2D eigenvalue weighted by molar-refractivity contribution is 0.129. The van der Waals surface area contributed by atoms with E-state index in [1.807, 2.05) is 29.9 Å². The molecule has 0 fully saturated rings. The molecule has 0 unspecified atom stereocenters. The highest BCUT2D eigenvalue weighted by Crippen LogP contribution is 2.23. The van der Waals surface area contributed by atoms with E-state index in [4.69, 9.17) is 9.73 Å². The van der Waals surface area contributed by atoms with Gasteiger partial charge < -0.3 is 15.4 Å². The van der Waals surface area contributed by atoms with E-state index in [9.17, 15) is 0 Å². The lowest BCUT2D eigenvalue weighted by Gasteiger charge is -2.23. The minimum absolute atomic E-state index is 0. The molecule has 6 nitrogen and oxygen atoms in total. The molecule has 0 bridgehead atoms. The second-order valence-corrected chi connectivity index (χ2v) is 7.97. The second kappa shape index (κ2) is 11.4. The van der Waals surface area contributed by atoms with Crippen LogP contribution >= 0.6 is 24.0 Å². The van der Waals surface area contributed by atoms with Gasteiger partial charge in [0.2, 0.25) is 0 Å². The first-order chi connectivity index (χ1) is 13.2. The summed E-state index contributed by atoms with van der Waals surface area (Å²) in [7, 11) is 1.99. The molecule has 0 saturated carbocycles. The summed E-state index contributed by atoms with van der Waals surface area (Å²) in [5.41, 5.74) is 4.46. The zero-order valence-corrected chi connectivity index (χ0v) is 21.1.